The van der Waals surface area contributed by atoms with Crippen molar-refractivity contribution in [2.75, 3.05) is 6.61 Å². The molecule has 2 heterocycles. The van der Waals surface area contributed by atoms with E-state index in [0.29, 0.717) is 11.3 Å². The second-order valence-corrected chi connectivity index (χ2v) is 8.81. The lowest BCUT2D eigenvalue weighted by atomic mass is 10.00. The van der Waals surface area contributed by atoms with Gasteiger partial charge < -0.3 is 18.9 Å². The highest BCUT2D eigenvalue weighted by Gasteiger charge is 2.44. The van der Waals surface area contributed by atoms with Crippen LogP contribution in [-0.2, 0) is 33.3 Å². The Bertz CT molecular complexity index is 1350. The lowest BCUT2D eigenvalue weighted by Crippen LogP contribution is -2.52. The SMILES string of the molecule is CC(=O)OC[C@H]1OC(n2cc(-c3ccc4cc(C(C)=O)ccc4c3)nn2)C[C@@H](OC(C)=O)[C@@H]1OC(C)=O. The number of Topliss-reactive ketones (excluding diaryl/α,β-unsaturated/α-hetero) is 1. The molecule has 0 amide bonds. The maximum atomic E-state index is 11.8. The van der Waals surface area contributed by atoms with E-state index in [1.807, 2.05) is 30.3 Å². The first-order chi connectivity index (χ1) is 17.6. The van der Waals surface area contributed by atoms with Gasteiger partial charge in [0.1, 0.15) is 24.5 Å². The van der Waals surface area contributed by atoms with Crippen LogP contribution in [0.4, 0.5) is 0 Å². The number of hydrogen-bond donors (Lipinski definition) is 0. The number of benzene rings is 2. The van der Waals surface area contributed by atoms with Crippen molar-refractivity contribution < 1.29 is 38.1 Å². The number of fused-ring (bicyclic) bond motifs is 1. The maximum Gasteiger partial charge on any atom is 0.303 e. The van der Waals surface area contributed by atoms with Crippen LogP contribution in [0.2, 0.25) is 0 Å². The summed E-state index contributed by atoms with van der Waals surface area (Å²) in [4.78, 5) is 46.6. The highest BCUT2D eigenvalue weighted by Crippen LogP contribution is 2.33. The van der Waals surface area contributed by atoms with Crippen LogP contribution < -0.4 is 0 Å². The molecule has 3 aromatic rings. The lowest BCUT2D eigenvalue weighted by molar-refractivity contribution is -0.228. The second-order valence-electron chi connectivity index (χ2n) is 8.81. The molecule has 0 bridgehead atoms. The van der Waals surface area contributed by atoms with E-state index in [-0.39, 0.29) is 18.8 Å². The van der Waals surface area contributed by atoms with Crippen LogP contribution in [0.5, 0.6) is 0 Å². The fraction of sp³-hybridized carbons (Fsp3) is 0.385. The average Bonchev–Trinajstić information content (AvgIpc) is 3.33. The molecule has 1 aromatic heterocycles. The zero-order valence-electron chi connectivity index (χ0n) is 20.9. The molecule has 2 aromatic carbocycles. The molecule has 4 atom stereocenters. The van der Waals surface area contributed by atoms with Crippen LogP contribution in [-0.4, -0.2) is 63.6 Å². The minimum Gasteiger partial charge on any atom is -0.463 e. The molecule has 11 nitrogen and oxygen atoms in total. The van der Waals surface area contributed by atoms with Crippen LogP contribution in [0.1, 0.15) is 50.7 Å². The summed E-state index contributed by atoms with van der Waals surface area (Å²) in [5.41, 5.74) is 2.01. The molecule has 4 rings (SSSR count). The molecule has 0 saturated carbocycles. The number of carbonyl (C=O) groups is 4. The van der Waals surface area contributed by atoms with Gasteiger partial charge >= 0.3 is 17.9 Å². The van der Waals surface area contributed by atoms with Crippen molar-refractivity contribution in [3.05, 3.63) is 48.2 Å². The number of ketones is 1. The van der Waals surface area contributed by atoms with Gasteiger partial charge in [-0.25, -0.2) is 4.68 Å². The average molecular weight is 510 g/mol. The van der Waals surface area contributed by atoms with E-state index in [1.165, 1.54) is 32.4 Å². The highest BCUT2D eigenvalue weighted by atomic mass is 16.6. The zero-order chi connectivity index (χ0) is 26.7. The normalized spacial score (nSPS) is 21.3. The predicted molar refractivity (Wildman–Crippen MR) is 129 cm³/mol. The second kappa shape index (κ2) is 10.9. The summed E-state index contributed by atoms with van der Waals surface area (Å²) >= 11 is 0. The Morgan fingerprint density at radius 2 is 1.65 bits per heavy atom. The van der Waals surface area contributed by atoms with Gasteiger partial charge in [0.15, 0.2) is 18.1 Å². The maximum absolute atomic E-state index is 11.8. The van der Waals surface area contributed by atoms with Crippen LogP contribution in [0, 0.1) is 0 Å². The van der Waals surface area contributed by atoms with E-state index in [2.05, 4.69) is 10.3 Å². The molecule has 0 N–H and O–H groups in total. The Labute approximate surface area is 212 Å². The van der Waals surface area contributed by atoms with Gasteiger partial charge in [0, 0.05) is 38.3 Å². The third kappa shape index (κ3) is 6.18. The predicted octanol–water partition coefficient (Wildman–Crippen LogP) is 3.01. The number of carbonyl (C=O) groups excluding carboxylic acids is 4. The first-order valence-corrected chi connectivity index (χ1v) is 11.7. The van der Waals surface area contributed by atoms with Crippen molar-refractivity contribution >= 4 is 34.5 Å². The van der Waals surface area contributed by atoms with Crippen molar-refractivity contribution in [3.8, 4) is 11.3 Å². The Kier molecular flexibility index (Phi) is 7.63. The fourth-order valence-corrected chi connectivity index (χ4v) is 4.26. The third-order valence-electron chi connectivity index (χ3n) is 5.92. The van der Waals surface area contributed by atoms with Gasteiger partial charge in [0.25, 0.3) is 0 Å². The van der Waals surface area contributed by atoms with Gasteiger partial charge in [0.2, 0.25) is 0 Å². The molecule has 194 valence electrons. The molecule has 0 radical (unpaired) electrons. The molecule has 37 heavy (non-hydrogen) atoms. The van der Waals surface area contributed by atoms with Crippen LogP contribution in [0.25, 0.3) is 22.0 Å². The fourth-order valence-electron chi connectivity index (χ4n) is 4.26. The van der Waals surface area contributed by atoms with Crippen LogP contribution in [0.3, 0.4) is 0 Å². The summed E-state index contributed by atoms with van der Waals surface area (Å²) in [6.07, 6.45) is -1.65. The standard InChI is InChI=1S/C26H27N3O8/c1-14(30)18-5-6-20-10-21(8-7-19(20)9-18)22-12-29(28-27-22)25-11-23(35-16(3)32)26(36-17(4)33)24(37-25)13-34-15(2)31/h5-10,12,23-26H,11,13H2,1-4H3/t23-,24-,25?,26+/m1/s1. The van der Waals surface area contributed by atoms with Gasteiger partial charge in [-0.3, -0.25) is 19.2 Å². The summed E-state index contributed by atoms with van der Waals surface area (Å²) in [5.74, 6) is -1.69. The number of rotatable bonds is 7. The molecule has 1 aliphatic rings. The van der Waals surface area contributed by atoms with E-state index in [1.54, 1.807) is 12.3 Å². The Hall–Kier alpha value is -4.12. The smallest absolute Gasteiger partial charge is 0.303 e. The van der Waals surface area contributed by atoms with E-state index < -0.39 is 42.4 Å². The van der Waals surface area contributed by atoms with Gasteiger partial charge in [-0.1, -0.05) is 29.5 Å². The molecule has 1 aliphatic heterocycles. The van der Waals surface area contributed by atoms with E-state index in [0.717, 1.165) is 16.3 Å². The van der Waals surface area contributed by atoms with Gasteiger partial charge in [-0.2, -0.15) is 0 Å². The highest BCUT2D eigenvalue weighted by molar-refractivity contribution is 5.99. The van der Waals surface area contributed by atoms with Crippen LogP contribution in [0.15, 0.2) is 42.6 Å². The monoisotopic (exact) mass is 509 g/mol. The van der Waals surface area contributed by atoms with E-state index in [9.17, 15) is 19.2 Å². The summed E-state index contributed by atoms with van der Waals surface area (Å²) in [6, 6.07) is 11.2. The number of aromatic nitrogens is 3. The van der Waals surface area contributed by atoms with Gasteiger partial charge in [-0.15, -0.1) is 5.10 Å². The summed E-state index contributed by atoms with van der Waals surface area (Å²) in [7, 11) is 0. The van der Waals surface area contributed by atoms with Gasteiger partial charge in [-0.05, 0) is 29.8 Å². The quantitative estimate of drug-likeness (QED) is 0.266. The van der Waals surface area contributed by atoms with E-state index in [4.69, 9.17) is 18.9 Å². The molecule has 1 fully saturated rings. The Balaban J connectivity index is 1.60. The van der Waals surface area contributed by atoms with Crippen molar-refractivity contribution in [1.29, 1.82) is 0 Å². The largest absolute Gasteiger partial charge is 0.463 e. The molecular formula is C26H27N3O8. The van der Waals surface area contributed by atoms with Crippen molar-refractivity contribution in [1.82, 2.24) is 15.0 Å². The Morgan fingerprint density at radius 1 is 0.946 bits per heavy atom. The first kappa shape index (κ1) is 26.0. The summed E-state index contributed by atoms with van der Waals surface area (Å²) in [5, 5.41) is 10.3. The topological polar surface area (TPSA) is 136 Å². The minimum atomic E-state index is -0.972. The number of esters is 3. The summed E-state index contributed by atoms with van der Waals surface area (Å²) in [6.45, 7) is 5.05. The molecular weight excluding hydrogens is 482 g/mol. The number of hydrogen-bond acceptors (Lipinski definition) is 10. The van der Waals surface area contributed by atoms with Gasteiger partial charge in [0.05, 0.1) is 6.20 Å². The van der Waals surface area contributed by atoms with Crippen molar-refractivity contribution in [2.45, 2.75) is 58.7 Å². The molecule has 0 aliphatic carbocycles. The first-order valence-electron chi connectivity index (χ1n) is 11.7. The third-order valence-corrected chi connectivity index (χ3v) is 5.92. The molecule has 11 heteroatoms. The van der Waals surface area contributed by atoms with E-state index >= 15 is 0 Å². The number of ether oxygens (including phenoxy) is 4. The zero-order valence-corrected chi connectivity index (χ0v) is 20.9. The minimum absolute atomic E-state index is 0.00333. The summed E-state index contributed by atoms with van der Waals surface area (Å²) < 4.78 is 23.5. The lowest BCUT2D eigenvalue weighted by Gasteiger charge is -2.39. The Morgan fingerprint density at radius 3 is 2.32 bits per heavy atom. The van der Waals surface area contributed by atoms with Crippen molar-refractivity contribution in [3.63, 3.8) is 0 Å². The molecule has 1 saturated heterocycles. The van der Waals surface area contributed by atoms with Crippen molar-refractivity contribution in [2.24, 2.45) is 0 Å². The molecule has 1 unspecified atom stereocenters. The van der Waals surface area contributed by atoms with Crippen LogP contribution >= 0.6 is 0 Å². The molecule has 0 spiro atoms. The number of nitrogens with zero attached hydrogens (tertiary/aromatic N) is 3.